The van der Waals surface area contributed by atoms with Gasteiger partial charge in [-0.15, -0.1) is 5.10 Å². The molecule has 0 atom stereocenters. The van der Waals surface area contributed by atoms with E-state index in [4.69, 9.17) is 9.47 Å². The second kappa shape index (κ2) is 7.08. The van der Waals surface area contributed by atoms with Gasteiger partial charge in [0.2, 0.25) is 0 Å². The Morgan fingerprint density at radius 3 is 2.57 bits per heavy atom. The number of rotatable bonds is 7. The summed E-state index contributed by atoms with van der Waals surface area (Å²) in [6.45, 7) is 2.02. The molecule has 6 nitrogen and oxygen atoms in total. The van der Waals surface area contributed by atoms with Crippen molar-refractivity contribution in [3.05, 3.63) is 29.6 Å². The van der Waals surface area contributed by atoms with E-state index in [9.17, 15) is 5.11 Å². The van der Waals surface area contributed by atoms with E-state index < -0.39 is 0 Å². The molecule has 114 valence electrons. The zero-order chi connectivity index (χ0) is 15.2. The molecular weight excluding hydrogens is 270 g/mol. The topological polar surface area (TPSA) is 69.4 Å². The van der Waals surface area contributed by atoms with Crippen LogP contribution >= 0.6 is 0 Å². The zero-order valence-electron chi connectivity index (χ0n) is 12.7. The Hall–Kier alpha value is -2.08. The highest BCUT2D eigenvalue weighted by atomic mass is 16.5. The average molecular weight is 291 g/mol. The summed E-state index contributed by atoms with van der Waals surface area (Å²) in [6, 6.07) is 5.58. The first kappa shape index (κ1) is 15.3. The first-order valence-electron chi connectivity index (χ1n) is 7.01. The van der Waals surface area contributed by atoms with Crippen molar-refractivity contribution in [1.82, 2.24) is 15.0 Å². The van der Waals surface area contributed by atoms with Gasteiger partial charge in [0.15, 0.2) is 11.5 Å². The van der Waals surface area contributed by atoms with Crippen molar-refractivity contribution in [2.45, 2.75) is 32.8 Å². The highest BCUT2D eigenvalue weighted by Crippen LogP contribution is 2.29. The summed E-state index contributed by atoms with van der Waals surface area (Å²) in [4.78, 5) is 0. The Balaban J connectivity index is 2.43. The molecule has 0 aliphatic heterocycles. The van der Waals surface area contributed by atoms with Crippen LogP contribution in [0.3, 0.4) is 0 Å². The number of ether oxygens (including phenoxy) is 2. The Kier molecular flexibility index (Phi) is 5.16. The van der Waals surface area contributed by atoms with Gasteiger partial charge in [-0.1, -0.05) is 18.6 Å². The van der Waals surface area contributed by atoms with Gasteiger partial charge in [0.25, 0.3) is 0 Å². The van der Waals surface area contributed by atoms with Crippen molar-refractivity contribution in [3.63, 3.8) is 0 Å². The molecular formula is C15H21N3O3. The van der Waals surface area contributed by atoms with Crippen LogP contribution in [-0.2, 0) is 13.0 Å². The minimum Gasteiger partial charge on any atom is -0.493 e. The van der Waals surface area contributed by atoms with E-state index in [-0.39, 0.29) is 6.61 Å². The van der Waals surface area contributed by atoms with Crippen LogP contribution in [0.2, 0.25) is 0 Å². The number of aromatic nitrogens is 3. The number of methoxy groups -OCH3 is 2. The van der Waals surface area contributed by atoms with E-state index in [0.29, 0.717) is 17.2 Å². The van der Waals surface area contributed by atoms with Crippen molar-refractivity contribution in [3.8, 4) is 17.2 Å². The van der Waals surface area contributed by atoms with E-state index >= 15 is 0 Å². The summed E-state index contributed by atoms with van der Waals surface area (Å²) in [6.07, 6.45) is 2.92. The van der Waals surface area contributed by atoms with Crippen LogP contribution in [0.15, 0.2) is 18.2 Å². The van der Waals surface area contributed by atoms with Crippen LogP contribution < -0.4 is 9.47 Å². The summed E-state index contributed by atoms with van der Waals surface area (Å²) < 4.78 is 12.3. The maximum Gasteiger partial charge on any atom is 0.162 e. The number of unbranched alkanes of at least 4 members (excludes halogenated alkanes) is 1. The number of hydrogen-bond acceptors (Lipinski definition) is 5. The molecule has 2 rings (SSSR count). The molecule has 0 aliphatic rings. The second-order valence-corrected chi connectivity index (χ2v) is 4.70. The Labute approximate surface area is 124 Å². The van der Waals surface area contributed by atoms with E-state index in [1.807, 2.05) is 18.2 Å². The molecule has 0 spiro atoms. The van der Waals surface area contributed by atoms with E-state index in [1.165, 1.54) is 0 Å². The fraction of sp³-hybridized carbons (Fsp3) is 0.467. The van der Waals surface area contributed by atoms with Crippen molar-refractivity contribution >= 4 is 0 Å². The van der Waals surface area contributed by atoms with Crippen LogP contribution in [0, 0.1) is 0 Å². The maximum atomic E-state index is 9.40. The van der Waals surface area contributed by atoms with Gasteiger partial charge in [-0.05, 0) is 25.0 Å². The Morgan fingerprint density at radius 2 is 1.95 bits per heavy atom. The molecule has 0 saturated heterocycles. The summed E-state index contributed by atoms with van der Waals surface area (Å²) >= 11 is 0. The highest BCUT2D eigenvalue weighted by Gasteiger charge is 2.14. The van der Waals surface area contributed by atoms with Crippen molar-refractivity contribution in [1.29, 1.82) is 0 Å². The number of benzene rings is 1. The van der Waals surface area contributed by atoms with Crippen molar-refractivity contribution < 1.29 is 14.6 Å². The fourth-order valence-electron chi connectivity index (χ4n) is 2.21. The van der Waals surface area contributed by atoms with Gasteiger partial charge < -0.3 is 14.6 Å². The maximum absolute atomic E-state index is 9.40. The molecule has 0 fully saturated rings. The largest absolute Gasteiger partial charge is 0.493 e. The van der Waals surface area contributed by atoms with E-state index in [0.717, 1.165) is 30.6 Å². The molecule has 1 aromatic carbocycles. The smallest absolute Gasteiger partial charge is 0.162 e. The van der Waals surface area contributed by atoms with Gasteiger partial charge in [0, 0.05) is 6.07 Å². The van der Waals surface area contributed by atoms with Gasteiger partial charge in [0.1, 0.15) is 5.69 Å². The van der Waals surface area contributed by atoms with Gasteiger partial charge in [-0.2, -0.15) is 0 Å². The average Bonchev–Trinajstić information content (AvgIpc) is 2.94. The SMILES string of the molecule is CCCCc1c(CO)nnn1-c1ccc(OC)c(OC)c1. The zero-order valence-corrected chi connectivity index (χ0v) is 12.7. The normalized spacial score (nSPS) is 10.7. The van der Waals surface area contributed by atoms with Gasteiger partial charge in [-0.3, -0.25) is 0 Å². The summed E-state index contributed by atoms with van der Waals surface area (Å²) in [5.74, 6) is 1.30. The summed E-state index contributed by atoms with van der Waals surface area (Å²) in [7, 11) is 3.20. The molecule has 1 heterocycles. The summed E-state index contributed by atoms with van der Waals surface area (Å²) in [5, 5.41) is 17.6. The molecule has 1 aromatic heterocycles. The molecule has 1 N–H and O–H groups in total. The highest BCUT2D eigenvalue weighted by molar-refractivity contribution is 5.49. The van der Waals surface area contributed by atoms with Crippen LogP contribution in [0.25, 0.3) is 5.69 Å². The van der Waals surface area contributed by atoms with E-state index in [1.54, 1.807) is 18.9 Å². The van der Waals surface area contributed by atoms with Crippen LogP contribution in [0.4, 0.5) is 0 Å². The molecule has 0 amide bonds. The van der Waals surface area contributed by atoms with E-state index in [2.05, 4.69) is 17.2 Å². The molecule has 0 saturated carbocycles. The van der Waals surface area contributed by atoms with Crippen molar-refractivity contribution in [2.24, 2.45) is 0 Å². The lowest BCUT2D eigenvalue weighted by Crippen LogP contribution is -2.05. The Bertz CT molecular complexity index is 596. The number of nitrogens with zero attached hydrogens (tertiary/aromatic N) is 3. The van der Waals surface area contributed by atoms with Crippen LogP contribution in [0.1, 0.15) is 31.2 Å². The van der Waals surface area contributed by atoms with Gasteiger partial charge in [0.05, 0.1) is 32.2 Å². The van der Waals surface area contributed by atoms with Gasteiger partial charge in [-0.25, -0.2) is 4.68 Å². The molecule has 0 bridgehead atoms. The van der Waals surface area contributed by atoms with Crippen LogP contribution in [0.5, 0.6) is 11.5 Å². The number of hydrogen-bond donors (Lipinski definition) is 1. The third-order valence-electron chi connectivity index (χ3n) is 3.37. The lowest BCUT2D eigenvalue weighted by Gasteiger charge is -2.11. The lowest BCUT2D eigenvalue weighted by atomic mass is 10.1. The number of aliphatic hydroxyl groups is 1. The third kappa shape index (κ3) is 3.16. The second-order valence-electron chi connectivity index (χ2n) is 4.70. The van der Waals surface area contributed by atoms with Gasteiger partial charge >= 0.3 is 0 Å². The fourth-order valence-corrected chi connectivity index (χ4v) is 2.21. The standard InChI is InChI=1S/C15H21N3O3/c1-4-5-6-13-12(10-19)16-17-18(13)11-7-8-14(20-2)15(9-11)21-3/h7-9,19H,4-6,10H2,1-3H3. The predicted octanol–water partition coefficient (Wildman–Crippen LogP) is 2.12. The molecule has 21 heavy (non-hydrogen) atoms. The minimum atomic E-state index is -0.105. The van der Waals surface area contributed by atoms with Crippen LogP contribution in [-0.4, -0.2) is 34.3 Å². The monoisotopic (exact) mass is 291 g/mol. The summed E-state index contributed by atoms with van der Waals surface area (Å²) in [5.41, 5.74) is 2.40. The minimum absolute atomic E-state index is 0.105. The first-order chi connectivity index (χ1) is 10.2. The molecule has 2 aromatic rings. The van der Waals surface area contributed by atoms with Crippen molar-refractivity contribution in [2.75, 3.05) is 14.2 Å². The lowest BCUT2D eigenvalue weighted by molar-refractivity contribution is 0.275. The Morgan fingerprint density at radius 1 is 1.19 bits per heavy atom. The molecule has 0 aliphatic carbocycles. The number of aliphatic hydroxyl groups excluding tert-OH is 1. The quantitative estimate of drug-likeness (QED) is 0.846. The molecule has 0 unspecified atom stereocenters. The molecule has 6 heteroatoms. The molecule has 0 radical (unpaired) electrons. The third-order valence-corrected chi connectivity index (χ3v) is 3.37. The first-order valence-corrected chi connectivity index (χ1v) is 7.01. The predicted molar refractivity (Wildman–Crippen MR) is 79.0 cm³/mol.